The SMILES string of the molecule is C=C(C)/C(=C/c1ccccc1SNCCC)CCC. The molecule has 19 heavy (non-hydrogen) atoms. The Kier molecular flexibility index (Phi) is 7.61. The van der Waals surface area contributed by atoms with E-state index >= 15 is 0 Å². The van der Waals surface area contributed by atoms with Gasteiger partial charge in [0, 0.05) is 11.4 Å². The van der Waals surface area contributed by atoms with Crippen molar-refractivity contribution in [2.45, 2.75) is 44.9 Å². The molecule has 0 unspecified atom stereocenters. The molecule has 0 aromatic heterocycles. The monoisotopic (exact) mass is 275 g/mol. The second-order valence-electron chi connectivity index (χ2n) is 4.73. The van der Waals surface area contributed by atoms with Crippen LogP contribution in [0.1, 0.15) is 45.6 Å². The van der Waals surface area contributed by atoms with E-state index in [1.54, 1.807) is 11.9 Å². The molecule has 1 aromatic rings. The molecule has 2 heteroatoms. The Morgan fingerprint density at radius 1 is 1.26 bits per heavy atom. The zero-order chi connectivity index (χ0) is 14.1. The molecular formula is C17H25NS. The first-order chi connectivity index (χ1) is 9.19. The van der Waals surface area contributed by atoms with Crippen LogP contribution in [0, 0.1) is 0 Å². The van der Waals surface area contributed by atoms with Crippen LogP contribution in [-0.4, -0.2) is 6.54 Å². The second kappa shape index (κ2) is 9.00. The molecule has 0 saturated heterocycles. The molecule has 0 heterocycles. The highest BCUT2D eigenvalue weighted by molar-refractivity contribution is 7.97. The lowest BCUT2D eigenvalue weighted by Crippen LogP contribution is -2.03. The van der Waals surface area contributed by atoms with Crippen molar-refractivity contribution in [2.24, 2.45) is 0 Å². The van der Waals surface area contributed by atoms with Gasteiger partial charge in [0.25, 0.3) is 0 Å². The van der Waals surface area contributed by atoms with E-state index in [2.05, 4.69) is 62.4 Å². The number of hydrogen-bond donors (Lipinski definition) is 1. The predicted octanol–water partition coefficient (Wildman–Crippen LogP) is 5.45. The average molecular weight is 275 g/mol. The van der Waals surface area contributed by atoms with Crippen molar-refractivity contribution in [3.8, 4) is 0 Å². The molecule has 0 aliphatic carbocycles. The lowest BCUT2D eigenvalue weighted by Gasteiger charge is -2.09. The second-order valence-corrected chi connectivity index (χ2v) is 5.67. The van der Waals surface area contributed by atoms with Gasteiger partial charge in [0.05, 0.1) is 0 Å². The highest BCUT2D eigenvalue weighted by Gasteiger charge is 2.03. The van der Waals surface area contributed by atoms with Crippen LogP contribution in [0.2, 0.25) is 0 Å². The fourth-order valence-corrected chi connectivity index (χ4v) is 2.64. The molecule has 1 aromatic carbocycles. The van der Waals surface area contributed by atoms with Gasteiger partial charge in [-0.05, 0) is 48.9 Å². The molecule has 0 bridgehead atoms. The Bertz CT molecular complexity index is 435. The Labute approximate surface area is 122 Å². The van der Waals surface area contributed by atoms with Crippen molar-refractivity contribution < 1.29 is 0 Å². The van der Waals surface area contributed by atoms with Crippen LogP contribution in [0.3, 0.4) is 0 Å². The topological polar surface area (TPSA) is 12.0 Å². The van der Waals surface area contributed by atoms with Crippen LogP contribution in [-0.2, 0) is 0 Å². The van der Waals surface area contributed by atoms with Gasteiger partial charge >= 0.3 is 0 Å². The van der Waals surface area contributed by atoms with E-state index in [9.17, 15) is 0 Å². The van der Waals surface area contributed by atoms with Crippen molar-refractivity contribution in [3.05, 3.63) is 47.6 Å². The number of hydrogen-bond acceptors (Lipinski definition) is 2. The first-order valence-electron chi connectivity index (χ1n) is 7.04. The van der Waals surface area contributed by atoms with Crippen LogP contribution in [0.5, 0.6) is 0 Å². The Hall–Kier alpha value is -0.990. The van der Waals surface area contributed by atoms with Gasteiger partial charge in [0.1, 0.15) is 0 Å². The van der Waals surface area contributed by atoms with Crippen molar-refractivity contribution in [1.29, 1.82) is 0 Å². The first-order valence-corrected chi connectivity index (χ1v) is 7.85. The first kappa shape index (κ1) is 16.1. The molecule has 0 atom stereocenters. The van der Waals surface area contributed by atoms with Gasteiger partial charge < -0.3 is 0 Å². The summed E-state index contributed by atoms with van der Waals surface area (Å²) in [6.45, 7) is 11.6. The summed E-state index contributed by atoms with van der Waals surface area (Å²) in [6, 6.07) is 8.53. The van der Waals surface area contributed by atoms with Gasteiger partial charge in [-0.3, -0.25) is 4.72 Å². The third-order valence-electron chi connectivity index (χ3n) is 2.85. The van der Waals surface area contributed by atoms with E-state index < -0.39 is 0 Å². The lowest BCUT2D eigenvalue weighted by molar-refractivity contribution is 0.877. The maximum atomic E-state index is 4.08. The van der Waals surface area contributed by atoms with Crippen LogP contribution >= 0.6 is 11.9 Å². The smallest absolute Gasteiger partial charge is 0.0300 e. The highest BCUT2D eigenvalue weighted by atomic mass is 32.2. The van der Waals surface area contributed by atoms with Gasteiger partial charge in [-0.15, -0.1) is 0 Å². The summed E-state index contributed by atoms with van der Waals surface area (Å²) in [5.41, 5.74) is 3.80. The molecule has 0 radical (unpaired) electrons. The molecule has 0 fully saturated rings. The summed E-state index contributed by atoms with van der Waals surface area (Å²) < 4.78 is 3.39. The minimum absolute atomic E-state index is 1.03. The van der Waals surface area contributed by atoms with Crippen molar-refractivity contribution in [2.75, 3.05) is 6.54 Å². The quantitative estimate of drug-likeness (QED) is 0.384. The lowest BCUT2D eigenvalue weighted by atomic mass is 10.0. The van der Waals surface area contributed by atoms with Gasteiger partial charge in [0.15, 0.2) is 0 Å². The molecule has 0 aliphatic rings. The normalized spacial score (nSPS) is 11.6. The molecule has 0 spiro atoms. The third-order valence-corrected chi connectivity index (χ3v) is 3.79. The molecule has 0 aliphatic heterocycles. The van der Waals surface area contributed by atoms with E-state index in [-0.39, 0.29) is 0 Å². The molecule has 0 saturated carbocycles. The maximum Gasteiger partial charge on any atom is 0.0300 e. The minimum atomic E-state index is 1.03. The Morgan fingerprint density at radius 2 is 2.00 bits per heavy atom. The van der Waals surface area contributed by atoms with E-state index in [0.29, 0.717) is 0 Å². The van der Waals surface area contributed by atoms with Gasteiger partial charge in [0.2, 0.25) is 0 Å². The van der Waals surface area contributed by atoms with Crippen molar-refractivity contribution in [1.82, 2.24) is 4.72 Å². The third kappa shape index (κ3) is 5.66. The molecule has 0 amide bonds. The number of allylic oxidation sites excluding steroid dienone is 2. The Balaban J connectivity index is 2.91. The summed E-state index contributed by atoms with van der Waals surface area (Å²) >= 11 is 1.72. The molecule has 1 rings (SSSR count). The van der Waals surface area contributed by atoms with E-state index in [0.717, 1.165) is 25.8 Å². The van der Waals surface area contributed by atoms with Crippen LogP contribution < -0.4 is 4.72 Å². The minimum Gasteiger partial charge on any atom is -0.260 e. The fourth-order valence-electron chi connectivity index (χ4n) is 1.79. The van der Waals surface area contributed by atoms with Gasteiger partial charge in [-0.1, -0.05) is 56.7 Å². The average Bonchev–Trinajstić information content (AvgIpc) is 2.40. The van der Waals surface area contributed by atoms with Gasteiger partial charge in [-0.2, -0.15) is 0 Å². The largest absolute Gasteiger partial charge is 0.260 e. The van der Waals surface area contributed by atoms with Crippen LogP contribution in [0.4, 0.5) is 0 Å². The van der Waals surface area contributed by atoms with Gasteiger partial charge in [-0.25, -0.2) is 0 Å². The zero-order valence-corrected chi connectivity index (χ0v) is 13.1. The summed E-state index contributed by atoms with van der Waals surface area (Å²) in [4.78, 5) is 1.28. The summed E-state index contributed by atoms with van der Waals surface area (Å²) in [7, 11) is 0. The number of benzene rings is 1. The number of nitrogens with one attached hydrogen (secondary N) is 1. The van der Waals surface area contributed by atoms with Crippen LogP contribution in [0.15, 0.2) is 46.9 Å². The molecule has 1 nitrogen and oxygen atoms in total. The van der Waals surface area contributed by atoms with Crippen molar-refractivity contribution >= 4 is 18.0 Å². The molecule has 104 valence electrons. The standard InChI is InChI=1S/C17H25NS/c1-5-9-15(14(3)4)13-16-10-7-8-11-17(16)19-18-12-6-2/h7-8,10-11,13,18H,3,5-6,9,12H2,1-2,4H3/b15-13+. The predicted molar refractivity (Wildman–Crippen MR) is 88.3 cm³/mol. The van der Waals surface area contributed by atoms with Crippen molar-refractivity contribution in [3.63, 3.8) is 0 Å². The van der Waals surface area contributed by atoms with E-state index in [1.807, 2.05) is 0 Å². The Morgan fingerprint density at radius 3 is 2.63 bits per heavy atom. The zero-order valence-electron chi connectivity index (χ0n) is 12.3. The van der Waals surface area contributed by atoms with Crippen LogP contribution in [0.25, 0.3) is 6.08 Å². The maximum absolute atomic E-state index is 4.08. The fraction of sp³-hybridized carbons (Fsp3) is 0.412. The van der Waals surface area contributed by atoms with E-state index in [4.69, 9.17) is 0 Å². The molecule has 1 N–H and O–H groups in total. The molecular weight excluding hydrogens is 250 g/mol. The summed E-state index contributed by atoms with van der Waals surface area (Å²) in [5, 5.41) is 0. The number of rotatable bonds is 8. The summed E-state index contributed by atoms with van der Waals surface area (Å²) in [6.07, 6.45) is 5.68. The van der Waals surface area contributed by atoms with E-state index in [1.165, 1.54) is 21.6 Å². The highest BCUT2D eigenvalue weighted by Crippen LogP contribution is 2.25. The summed E-state index contributed by atoms with van der Waals surface area (Å²) in [5.74, 6) is 0.